The maximum Gasteiger partial charge on any atom is 0.490 e. The lowest BCUT2D eigenvalue weighted by Gasteiger charge is -2.18. The van der Waals surface area contributed by atoms with Gasteiger partial charge in [0.2, 0.25) is 0 Å². The van der Waals surface area contributed by atoms with E-state index in [1.807, 2.05) is 26.0 Å². The van der Waals surface area contributed by atoms with Crippen molar-refractivity contribution in [2.75, 3.05) is 0 Å². The lowest BCUT2D eigenvalue weighted by Crippen LogP contribution is -2.30. The largest absolute Gasteiger partial charge is 0.490 e. The minimum absolute atomic E-state index is 0.197. The van der Waals surface area contributed by atoms with E-state index in [1.54, 1.807) is 24.4 Å². The van der Waals surface area contributed by atoms with Crippen LogP contribution in [-0.4, -0.2) is 37.7 Å². The molecule has 1 aliphatic heterocycles. The molecule has 3 aromatic rings. The maximum absolute atomic E-state index is 13.2. The van der Waals surface area contributed by atoms with Gasteiger partial charge in [-0.3, -0.25) is 9.59 Å². The third kappa shape index (κ3) is 4.46. The molecule has 11 heteroatoms. The van der Waals surface area contributed by atoms with Crippen molar-refractivity contribution < 1.29 is 27.9 Å². The summed E-state index contributed by atoms with van der Waals surface area (Å²) in [4.78, 5) is 43.8. The van der Waals surface area contributed by atoms with E-state index < -0.39 is 12.1 Å². The molecular weight excluding hydrogens is 429 g/mol. The second kappa shape index (κ2) is 8.77. The molecule has 0 saturated carbocycles. The Balaban J connectivity index is 0.000000360. The Kier molecular flexibility index (Phi) is 6.28. The molecule has 0 radical (unpaired) electrons. The molecular formula is C21H19F3N4O4. The van der Waals surface area contributed by atoms with Gasteiger partial charge >= 0.3 is 12.1 Å². The number of alkyl halides is 3. The summed E-state index contributed by atoms with van der Waals surface area (Å²) >= 11 is 0. The number of pyridine rings is 1. The maximum atomic E-state index is 13.2. The van der Waals surface area contributed by atoms with Crippen molar-refractivity contribution in [2.45, 2.75) is 38.9 Å². The van der Waals surface area contributed by atoms with Crippen molar-refractivity contribution in [3.05, 3.63) is 63.8 Å². The number of amides is 1. The highest BCUT2D eigenvalue weighted by Crippen LogP contribution is 2.26. The van der Waals surface area contributed by atoms with Gasteiger partial charge in [0.25, 0.3) is 11.5 Å². The van der Waals surface area contributed by atoms with Crippen LogP contribution < -0.4 is 10.9 Å². The summed E-state index contributed by atoms with van der Waals surface area (Å²) < 4.78 is 33.2. The number of carboxylic acids is 1. The number of aromatic nitrogens is 3. The number of nitrogens with one attached hydrogen (secondary N) is 1. The van der Waals surface area contributed by atoms with Gasteiger partial charge in [-0.2, -0.15) is 13.2 Å². The van der Waals surface area contributed by atoms with Crippen LogP contribution in [0, 0.1) is 6.92 Å². The van der Waals surface area contributed by atoms with E-state index in [0.29, 0.717) is 34.5 Å². The van der Waals surface area contributed by atoms with Crippen LogP contribution in [0.2, 0.25) is 0 Å². The van der Waals surface area contributed by atoms with E-state index in [1.165, 1.54) is 4.57 Å². The number of carbonyl (C=O) groups excluding carboxylic acids is 1. The first-order valence-electron chi connectivity index (χ1n) is 9.64. The van der Waals surface area contributed by atoms with Crippen LogP contribution in [0.3, 0.4) is 0 Å². The Morgan fingerprint density at radius 1 is 1.25 bits per heavy atom. The summed E-state index contributed by atoms with van der Waals surface area (Å²) in [7, 11) is 0. The highest BCUT2D eigenvalue weighted by molar-refractivity contribution is 5.98. The van der Waals surface area contributed by atoms with Crippen LogP contribution in [0.15, 0.2) is 41.3 Å². The molecule has 4 rings (SSSR count). The van der Waals surface area contributed by atoms with Crippen molar-refractivity contribution in [1.82, 2.24) is 19.9 Å². The van der Waals surface area contributed by atoms with E-state index in [2.05, 4.69) is 10.3 Å². The summed E-state index contributed by atoms with van der Waals surface area (Å²) in [6, 6.07) is 8.62. The van der Waals surface area contributed by atoms with Gasteiger partial charge in [-0.25, -0.2) is 19.3 Å². The molecule has 2 aromatic heterocycles. The normalized spacial score (nSPS) is 15.0. The number of carbonyl (C=O) groups is 2. The van der Waals surface area contributed by atoms with Gasteiger partial charge in [-0.05, 0) is 43.2 Å². The zero-order valence-electron chi connectivity index (χ0n) is 17.1. The smallest absolute Gasteiger partial charge is 0.475 e. The third-order valence-corrected chi connectivity index (χ3v) is 4.73. The number of hydrogen-bond acceptors (Lipinski definition) is 5. The molecule has 1 unspecified atom stereocenters. The molecule has 3 heterocycles. The fraction of sp³-hybridized carbons (Fsp3) is 0.286. The van der Waals surface area contributed by atoms with Gasteiger partial charge in [-0.1, -0.05) is 19.4 Å². The summed E-state index contributed by atoms with van der Waals surface area (Å²) in [6.45, 7) is 4.00. The SMILES string of the molecule is CCCC1NC(=O)c2cccnc2-n2c1nc1cc(C)ccc1c2=O.O=C(O)C(F)(F)F. The van der Waals surface area contributed by atoms with Crippen molar-refractivity contribution >= 4 is 22.8 Å². The number of benzene rings is 1. The van der Waals surface area contributed by atoms with Gasteiger partial charge in [-0.15, -0.1) is 0 Å². The van der Waals surface area contributed by atoms with Gasteiger partial charge in [0, 0.05) is 6.20 Å². The minimum Gasteiger partial charge on any atom is -0.475 e. The molecule has 1 amide bonds. The van der Waals surface area contributed by atoms with Crippen LogP contribution >= 0.6 is 0 Å². The molecule has 1 aliphatic rings. The molecule has 0 saturated heterocycles. The molecule has 0 aliphatic carbocycles. The van der Waals surface area contributed by atoms with Crippen molar-refractivity contribution in [3.63, 3.8) is 0 Å². The Hall–Kier alpha value is -3.76. The van der Waals surface area contributed by atoms with Crippen LogP contribution in [0.4, 0.5) is 13.2 Å². The standard InChI is InChI=1S/C19H18N4O2.C2HF3O2/c1-3-5-14-17-21-15-10-11(2)7-8-12(15)19(25)23(17)16-13(18(24)22-14)6-4-9-20-16;3-2(4,5)1(6)7/h4,6-10,14H,3,5H2,1-2H3,(H,22,24);(H,6,7). The molecule has 1 aromatic carbocycles. The lowest BCUT2D eigenvalue weighted by atomic mass is 10.1. The molecule has 1 atom stereocenters. The lowest BCUT2D eigenvalue weighted by molar-refractivity contribution is -0.192. The number of fused-ring (bicyclic) bond motifs is 4. The Labute approximate surface area is 179 Å². The number of halogens is 3. The fourth-order valence-corrected chi connectivity index (χ4v) is 3.29. The summed E-state index contributed by atoms with van der Waals surface area (Å²) in [5.74, 6) is -2.11. The van der Waals surface area contributed by atoms with Crippen LogP contribution in [0.25, 0.3) is 16.7 Å². The predicted octanol–water partition coefficient (Wildman–Crippen LogP) is 3.31. The van der Waals surface area contributed by atoms with Crippen molar-refractivity contribution in [1.29, 1.82) is 0 Å². The number of carboxylic acid groups (broad SMARTS) is 1. The van der Waals surface area contributed by atoms with E-state index in [-0.39, 0.29) is 17.5 Å². The van der Waals surface area contributed by atoms with Crippen LogP contribution in [-0.2, 0) is 4.79 Å². The topological polar surface area (TPSA) is 114 Å². The average molecular weight is 448 g/mol. The van der Waals surface area contributed by atoms with Crippen molar-refractivity contribution in [3.8, 4) is 5.82 Å². The molecule has 32 heavy (non-hydrogen) atoms. The van der Waals surface area contributed by atoms with Crippen LogP contribution in [0.5, 0.6) is 0 Å². The van der Waals surface area contributed by atoms with E-state index in [4.69, 9.17) is 14.9 Å². The number of nitrogens with zero attached hydrogens (tertiary/aromatic N) is 3. The molecule has 0 spiro atoms. The number of aryl methyl sites for hydroxylation is 1. The number of aliphatic carboxylic acids is 1. The van der Waals surface area contributed by atoms with Gasteiger partial charge < -0.3 is 10.4 Å². The number of rotatable bonds is 2. The summed E-state index contributed by atoms with van der Waals surface area (Å²) in [6.07, 6.45) is -1.94. The first kappa shape index (κ1) is 22.9. The average Bonchev–Trinajstić information content (AvgIpc) is 2.83. The van der Waals surface area contributed by atoms with E-state index in [9.17, 15) is 22.8 Å². The van der Waals surface area contributed by atoms with Crippen molar-refractivity contribution in [2.24, 2.45) is 0 Å². The van der Waals surface area contributed by atoms with E-state index >= 15 is 0 Å². The zero-order chi connectivity index (χ0) is 23.6. The predicted molar refractivity (Wildman–Crippen MR) is 109 cm³/mol. The second-order valence-electron chi connectivity index (χ2n) is 7.12. The van der Waals surface area contributed by atoms with Gasteiger partial charge in [0.1, 0.15) is 5.82 Å². The fourth-order valence-electron chi connectivity index (χ4n) is 3.29. The van der Waals surface area contributed by atoms with E-state index in [0.717, 1.165) is 12.0 Å². The third-order valence-electron chi connectivity index (χ3n) is 4.73. The summed E-state index contributed by atoms with van der Waals surface area (Å²) in [5.41, 5.74) is 1.87. The molecule has 8 nitrogen and oxygen atoms in total. The second-order valence-corrected chi connectivity index (χ2v) is 7.12. The zero-order valence-corrected chi connectivity index (χ0v) is 17.1. The molecule has 0 fully saturated rings. The first-order chi connectivity index (χ1) is 15.0. The quantitative estimate of drug-likeness (QED) is 0.622. The monoisotopic (exact) mass is 448 g/mol. The highest BCUT2D eigenvalue weighted by atomic mass is 19.4. The first-order valence-corrected chi connectivity index (χ1v) is 9.64. The van der Waals surface area contributed by atoms with Gasteiger partial charge in [0.15, 0.2) is 5.82 Å². The summed E-state index contributed by atoms with van der Waals surface area (Å²) in [5, 5.41) is 10.6. The Morgan fingerprint density at radius 3 is 2.56 bits per heavy atom. The molecule has 0 bridgehead atoms. The Morgan fingerprint density at radius 2 is 1.94 bits per heavy atom. The minimum atomic E-state index is -5.08. The van der Waals surface area contributed by atoms with Crippen LogP contribution in [0.1, 0.15) is 47.6 Å². The Bertz CT molecular complexity index is 1250. The van der Waals surface area contributed by atoms with Gasteiger partial charge in [0.05, 0.1) is 22.5 Å². The molecule has 168 valence electrons. The molecule has 2 N–H and O–H groups in total. The highest BCUT2D eigenvalue weighted by Gasteiger charge is 2.38. The number of hydrogen-bond donors (Lipinski definition) is 2.